The van der Waals surface area contributed by atoms with Gasteiger partial charge in [-0.2, -0.15) is 9.57 Å². The third-order valence-electron chi connectivity index (χ3n) is 5.33. The molecule has 1 saturated heterocycles. The summed E-state index contributed by atoms with van der Waals surface area (Å²) in [6, 6.07) is 14.3. The highest BCUT2D eigenvalue weighted by molar-refractivity contribution is 7.89. The van der Waals surface area contributed by atoms with Crippen LogP contribution in [0.25, 0.3) is 0 Å². The van der Waals surface area contributed by atoms with Crippen molar-refractivity contribution in [3.8, 4) is 11.8 Å². The molecule has 9 nitrogen and oxygen atoms in total. The predicted molar refractivity (Wildman–Crippen MR) is 125 cm³/mol. The highest BCUT2D eigenvalue weighted by atomic mass is 32.2. The van der Waals surface area contributed by atoms with Crippen molar-refractivity contribution in [3.63, 3.8) is 0 Å². The van der Waals surface area contributed by atoms with E-state index in [4.69, 9.17) is 14.7 Å². The van der Waals surface area contributed by atoms with Gasteiger partial charge in [0.1, 0.15) is 5.75 Å². The van der Waals surface area contributed by atoms with E-state index in [9.17, 15) is 18.0 Å². The van der Waals surface area contributed by atoms with Gasteiger partial charge in [0, 0.05) is 25.3 Å². The second-order valence-corrected chi connectivity index (χ2v) is 9.53. The fourth-order valence-electron chi connectivity index (χ4n) is 3.58. The molecular weight excluding hydrogens is 458 g/mol. The number of esters is 1. The molecule has 0 N–H and O–H groups in total. The number of sulfonamides is 1. The number of benzene rings is 2. The molecule has 1 aliphatic heterocycles. The number of carbonyl (C=O) groups excluding carboxylic acids is 2. The van der Waals surface area contributed by atoms with E-state index in [0.717, 1.165) is 12.8 Å². The molecule has 10 heteroatoms. The normalized spacial score (nSPS) is 13.8. The number of nitriles is 1. The van der Waals surface area contributed by atoms with Crippen LogP contribution in [0, 0.1) is 11.3 Å². The van der Waals surface area contributed by atoms with Gasteiger partial charge in [0.25, 0.3) is 5.91 Å². The maximum Gasteiger partial charge on any atom is 0.338 e. The Balaban J connectivity index is 1.63. The zero-order valence-corrected chi connectivity index (χ0v) is 19.8. The molecule has 0 aromatic heterocycles. The number of hydrogen-bond donors (Lipinski definition) is 0. The Bertz CT molecular complexity index is 1130. The van der Waals surface area contributed by atoms with Crippen molar-refractivity contribution in [2.45, 2.75) is 31.1 Å². The number of nitrogens with zero attached hydrogens (tertiary/aromatic N) is 3. The fraction of sp³-hybridized carbons (Fsp3) is 0.375. The first-order valence-corrected chi connectivity index (χ1v) is 12.5. The van der Waals surface area contributed by atoms with Gasteiger partial charge in [-0.25, -0.2) is 13.2 Å². The molecule has 1 amide bonds. The third-order valence-corrected chi connectivity index (χ3v) is 7.24. The number of amides is 1. The van der Waals surface area contributed by atoms with E-state index in [2.05, 4.69) is 0 Å². The predicted octanol–water partition coefficient (Wildman–Crippen LogP) is 2.97. The van der Waals surface area contributed by atoms with Crippen molar-refractivity contribution in [2.24, 2.45) is 0 Å². The molecule has 180 valence electrons. The van der Waals surface area contributed by atoms with Gasteiger partial charge in [0.05, 0.1) is 29.6 Å². The van der Waals surface area contributed by atoms with E-state index in [0.29, 0.717) is 31.1 Å². The Morgan fingerprint density at radius 2 is 1.71 bits per heavy atom. The maximum absolute atomic E-state index is 12.8. The summed E-state index contributed by atoms with van der Waals surface area (Å²) >= 11 is 0. The van der Waals surface area contributed by atoms with Crippen LogP contribution in [0.5, 0.6) is 5.75 Å². The molecule has 2 aromatic carbocycles. The number of hydrogen-bond acceptors (Lipinski definition) is 7. The SMILES string of the molecule is CCOc1ccc(N(CCC#N)C(=O)COC(=O)c2ccc(S(=O)(=O)N3CCCC3)cc2)cc1. The minimum atomic E-state index is -3.58. The molecule has 0 bridgehead atoms. The first-order valence-electron chi connectivity index (χ1n) is 11.0. The van der Waals surface area contributed by atoms with Gasteiger partial charge >= 0.3 is 5.97 Å². The van der Waals surface area contributed by atoms with Crippen LogP contribution in [0.15, 0.2) is 53.4 Å². The van der Waals surface area contributed by atoms with E-state index in [1.54, 1.807) is 24.3 Å². The molecule has 1 fully saturated rings. The minimum absolute atomic E-state index is 0.111. The monoisotopic (exact) mass is 485 g/mol. The maximum atomic E-state index is 12.8. The largest absolute Gasteiger partial charge is 0.494 e. The Hall–Kier alpha value is -3.42. The molecule has 2 aromatic rings. The van der Waals surface area contributed by atoms with Gasteiger partial charge in [0.15, 0.2) is 6.61 Å². The Labute approximate surface area is 199 Å². The van der Waals surface area contributed by atoms with Crippen LogP contribution in [0.2, 0.25) is 0 Å². The summed E-state index contributed by atoms with van der Waals surface area (Å²) in [6.07, 6.45) is 1.78. The molecule has 0 spiro atoms. The van der Waals surface area contributed by atoms with Crippen LogP contribution in [0.4, 0.5) is 5.69 Å². The first-order chi connectivity index (χ1) is 16.4. The average molecular weight is 486 g/mol. The first kappa shape index (κ1) is 25.2. The van der Waals surface area contributed by atoms with Gasteiger partial charge in [0.2, 0.25) is 10.0 Å². The van der Waals surface area contributed by atoms with E-state index in [-0.39, 0.29) is 23.4 Å². The number of rotatable bonds is 10. The standard InChI is InChI=1S/C24H27N3O6S/c1-2-32-21-10-8-20(9-11-21)27(17-5-14-25)23(28)18-33-24(29)19-6-12-22(13-7-19)34(30,31)26-15-3-4-16-26/h6-13H,2-5,15-18H2,1H3. The summed E-state index contributed by atoms with van der Waals surface area (Å²) in [6.45, 7) is 2.98. The number of anilines is 1. The second-order valence-electron chi connectivity index (χ2n) is 7.59. The van der Waals surface area contributed by atoms with Crippen LogP contribution in [0.3, 0.4) is 0 Å². The molecule has 0 saturated carbocycles. The van der Waals surface area contributed by atoms with Crippen molar-refractivity contribution in [2.75, 3.05) is 37.7 Å². The zero-order valence-electron chi connectivity index (χ0n) is 19.0. The highest BCUT2D eigenvalue weighted by Crippen LogP contribution is 2.22. The van der Waals surface area contributed by atoms with Crippen molar-refractivity contribution in [1.82, 2.24) is 4.31 Å². The lowest BCUT2D eigenvalue weighted by Gasteiger charge is -2.22. The third kappa shape index (κ3) is 6.12. The summed E-state index contributed by atoms with van der Waals surface area (Å²) in [4.78, 5) is 26.7. The molecule has 1 heterocycles. The summed E-state index contributed by atoms with van der Waals surface area (Å²) < 4.78 is 37.2. The van der Waals surface area contributed by atoms with E-state index < -0.39 is 28.5 Å². The lowest BCUT2D eigenvalue weighted by Crippen LogP contribution is -2.35. The molecule has 0 radical (unpaired) electrons. The highest BCUT2D eigenvalue weighted by Gasteiger charge is 2.27. The quantitative estimate of drug-likeness (QED) is 0.475. The van der Waals surface area contributed by atoms with E-state index in [1.165, 1.54) is 33.5 Å². The van der Waals surface area contributed by atoms with Crippen LogP contribution in [0.1, 0.15) is 36.5 Å². The summed E-state index contributed by atoms with van der Waals surface area (Å²) in [7, 11) is -3.58. The average Bonchev–Trinajstić information content (AvgIpc) is 3.40. The Kier molecular flexibility index (Phi) is 8.62. The molecule has 0 aliphatic carbocycles. The molecule has 0 unspecified atom stereocenters. The zero-order chi connectivity index (χ0) is 24.6. The molecule has 1 aliphatic rings. The fourth-order valence-corrected chi connectivity index (χ4v) is 5.09. The summed E-state index contributed by atoms with van der Waals surface area (Å²) in [5.74, 6) is -0.577. The van der Waals surface area contributed by atoms with E-state index >= 15 is 0 Å². The lowest BCUT2D eigenvalue weighted by molar-refractivity contribution is -0.121. The van der Waals surface area contributed by atoms with Crippen LogP contribution in [-0.4, -0.2) is 57.4 Å². The van der Waals surface area contributed by atoms with Crippen LogP contribution >= 0.6 is 0 Å². The van der Waals surface area contributed by atoms with Gasteiger partial charge in [-0.05, 0) is 68.3 Å². The van der Waals surface area contributed by atoms with Crippen molar-refractivity contribution in [1.29, 1.82) is 5.26 Å². The Morgan fingerprint density at radius 3 is 2.29 bits per heavy atom. The smallest absolute Gasteiger partial charge is 0.338 e. The van der Waals surface area contributed by atoms with Crippen molar-refractivity contribution >= 4 is 27.6 Å². The van der Waals surface area contributed by atoms with Crippen LogP contribution < -0.4 is 9.64 Å². The lowest BCUT2D eigenvalue weighted by atomic mass is 10.2. The summed E-state index contributed by atoms with van der Waals surface area (Å²) in [5.41, 5.74) is 0.689. The topological polar surface area (TPSA) is 117 Å². The number of ether oxygens (including phenoxy) is 2. The minimum Gasteiger partial charge on any atom is -0.494 e. The van der Waals surface area contributed by atoms with Gasteiger partial charge in [-0.3, -0.25) is 4.79 Å². The van der Waals surface area contributed by atoms with Crippen molar-refractivity contribution in [3.05, 3.63) is 54.1 Å². The van der Waals surface area contributed by atoms with Gasteiger partial charge in [-0.15, -0.1) is 0 Å². The van der Waals surface area contributed by atoms with Crippen LogP contribution in [-0.2, 0) is 19.6 Å². The Morgan fingerprint density at radius 1 is 1.06 bits per heavy atom. The summed E-state index contributed by atoms with van der Waals surface area (Å²) in [5, 5.41) is 8.93. The molecule has 3 rings (SSSR count). The molecule has 34 heavy (non-hydrogen) atoms. The van der Waals surface area contributed by atoms with Crippen molar-refractivity contribution < 1.29 is 27.5 Å². The van der Waals surface area contributed by atoms with Gasteiger partial charge in [-0.1, -0.05) is 0 Å². The van der Waals surface area contributed by atoms with Gasteiger partial charge < -0.3 is 14.4 Å². The second kappa shape index (κ2) is 11.6. The molecular formula is C24H27N3O6S. The number of carbonyl (C=O) groups is 2. The molecule has 0 atom stereocenters. The van der Waals surface area contributed by atoms with E-state index in [1.807, 2.05) is 13.0 Å².